The third kappa shape index (κ3) is 4.11. The number of alkyl halides is 2. The largest absolute Gasteiger partial charge is 0.354 e. The van der Waals surface area contributed by atoms with Crippen molar-refractivity contribution < 1.29 is 14.6 Å². The van der Waals surface area contributed by atoms with Crippen molar-refractivity contribution in [1.82, 2.24) is 19.5 Å². The smallest absolute Gasteiger partial charge is 0.248 e. The Morgan fingerprint density at radius 1 is 1.21 bits per heavy atom. The Morgan fingerprint density at radius 3 is 2.70 bits per heavy atom. The third-order valence-electron chi connectivity index (χ3n) is 6.80. The fourth-order valence-electron chi connectivity index (χ4n) is 5.08. The van der Waals surface area contributed by atoms with Crippen molar-refractivity contribution in [2.75, 3.05) is 11.9 Å². The molecule has 0 amide bonds. The number of aromatic nitrogens is 4. The lowest BCUT2D eigenvalue weighted by Crippen LogP contribution is -2.28. The van der Waals surface area contributed by atoms with E-state index in [0.29, 0.717) is 37.3 Å². The standard InChI is InChI=1S/C25H28F3N5.H2/c1-14(2)33-15(3)31-23-20(26)10-17(11-22(23)33)18-4-5-21-19(18)13-30-24(32-21)29-12-16-6-8-25(27,28)9-7-16;/h4,10-11,13-14,16H,5-9,12H2,1-3H3,(H,29,30,32);1H. The number of nitrogens with zero attached hydrogens (tertiary/aromatic N) is 4. The van der Waals surface area contributed by atoms with Gasteiger partial charge in [0, 0.05) is 45.0 Å². The van der Waals surface area contributed by atoms with Crippen LogP contribution in [0.25, 0.3) is 16.6 Å². The number of fused-ring (bicyclic) bond motifs is 2. The zero-order valence-corrected chi connectivity index (χ0v) is 19.1. The molecule has 0 aliphatic heterocycles. The first-order valence-corrected chi connectivity index (χ1v) is 11.6. The Hall–Kier alpha value is -2.90. The van der Waals surface area contributed by atoms with Gasteiger partial charge in [-0.1, -0.05) is 6.08 Å². The number of anilines is 1. The van der Waals surface area contributed by atoms with Crippen LogP contribution in [0.1, 0.15) is 69.6 Å². The van der Waals surface area contributed by atoms with Crippen LogP contribution in [0.3, 0.4) is 0 Å². The molecule has 1 fully saturated rings. The van der Waals surface area contributed by atoms with Gasteiger partial charge in [-0.2, -0.15) is 0 Å². The molecule has 2 heterocycles. The number of benzene rings is 1. The van der Waals surface area contributed by atoms with Crippen molar-refractivity contribution >= 4 is 22.6 Å². The number of aryl methyl sites for hydroxylation is 1. The van der Waals surface area contributed by atoms with Gasteiger partial charge in [-0.3, -0.25) is 0 Å². The zero-order valence-electron chi connectivity index (χ0n) is 19.1. The van der Waals surface area contributed by atoms with Gasteiger partial charge in [0.05, 0.1) is 11.2 Å². The van der Waals surface area contributed by atoms with Gasteiger partial charge in [0.25, 0.3) is 0 Å². The molecule has 33 heavy (non-hydrogen) atoms. The van der Waals surface area contributed by atoms with Crippen molar-refractivity contribution in [2.24, 2.45) is 5.92 Å². The summed E-state index contributed by atoms with van der Waals surface area (Å²) in [6.07, 6.45) is 5.39. The number of allylic oxidation sites excluding steroid dienone is 1. The molecule has 0 bridgehead atoms. The number of hydrogen-bond acceptors (Lipinski definition) is 4. The Bertz CT molecular complexity index is 1240. The molecule has 2 aliphatic rings. The van der Waals surface area contributed by atoms with Crippen LogP contribution in [0.15, 0.2) is 24.4 Å². The summed E-state index contributed by atoms with van der Waals surface area (Å²) in [4.78, 5) is 13.5. The number of nitrogens with one attached hydrogen (secondary N) is 1. The van der Waals surface area contributed by atoms with Gasteiger partial charge in [-0.25, -0.2) is 28.1 Å². The molecule has 2 aliphatic carbocycles. The zero-order chi connectivity index (χ0) is 23.3. The highest BCUT2D eigenvalue weighted by Crippen LogP contribution is 2.37. The van der Waals surface area contributed by atoms with Crippen molar-refractivity contribution in [3.05, 3.63) is 52.9 Å². The van der Waals surface area contributed by atoms with Crippen molar-refractivity contribution in [2.45, 2.75) is 64.8 Å². The highest BCUT2D eigenvalue weighted by atomic mass is 19.3. The van der Waals surface area contributed by atoms with Gasteiger partial charge in [-0.15, -0.1) is 0 Å². The normalized spacial score (nSPS) is 18.1. The van der Waals surface area contributed by atoms with E-state index in [2.05, 4.69) is 40.2 Å². The second kappa shape index (κ2) is 8.15. The van der Waals surface area contributed by atoms with Gasteiger partial charge >= 0.3 is 0 Å². The van der Waals surface area contributed by atoms with E-state index in [1.165, 1.54) is 6.07 Å². The monoisotopic (exact) mass is 457 g/mol. The van der Waals surface area contributed by atoms with Crippen LogP contribution in [0.4, 0.5) is 19.1 Å². The maximum atomic E-state index is 14.9. The van der Waals surface area contributed by atoms with E-state index < -0.39 is 5.92 Å². The van der Waals surface area contributed by atoms with Gasteiger partial charge in [0.1, 0.15) is 11.3 Å². The molecule has 0 radical (unpaired) electrons. The van der Waals surface area contributed by atoms with Crippen molar-refractivity contribution in [3.63, 3.8) is 0 Å². The lowest BCUT2D eigenvalue weighted by atomic mass is 9.87. The van der Waals surface area contributed by atoms with Crippen LogP contribution in [-0.4, -0.2) is 32.0 Å². The van der Waals surface area contributed by atoms with E-state index >= 15 is 0 Å². The summed E-state index contributed by atoms with van der Waals surface area (Å²) < 4.78 is 43.7. The Balaban J connectivity index is 0.00000274. The molecule has 0 saturated heterocycles. The van der Waals surface area contributed by atoms with E-state index in [4.69, 9.17) is 0 Å². The summed E-state index contributed by atoms with van der Waals surface area (Å²) in [7, 11) is 0. The van der Waals surface area contributed by atoms with E-state index in [-0.39, 0.29) is 32.0 Å². The molecule has 0 atom stereocenters. The lowest BCUT2D eigenvalue weighted by molar-refractivity contribution is -0.0443. The highest BCUT2D eigenvalue weighted by molar-refractivity contribution is 5.89. The fraction of sp³-hybridized carbons (Fsp3) is 0.480. The molecule has 0 spiro atoms. The average Bonchev–Trinajstić information content (AvgIpc) is 3.33. The number of imidazole rings is 1. The van der Waals surface area contributed by atoms with Crippen LogP contribution in [0, 0.1) is 18.7 Å². The number of hydrogen-bond donors (Lipinski definition) is 1. The third-order valence-corrected chi connectivity index (χ3v) is 6.80. The average molecular weight is 458 g/mol. The van der Waals surface area contributed by atoms with Crippen LogP contribution in [-0.2, 0) is 6.42 Å². The molecular weight excluding hydrogens is 427 g/mol. The second-order valence-corrected chi connectivity index (χ2v) is 9.50. The summed E-state index contributed by atoms with van der Waals surface area (Å²) in [6, 6.07) is 3.69. The molecule has 2 aromatic heterocycles. The minimum absolute atomic E-state index is 0. The first-order chi connectivity index (χ1) is 15.7. The summed E-state index contributed by atoms with van der Waals surface area (Å²) in [6.45, 7) is 6.61. The SMILES string of the molecule is Cc1nc2c(F)cc(C3=CCc4nc(NCC5CCC(F)(F)CC5)ncc43)cc2n1C(C)C.[HH]. The predicted molar refractivity (Wildman–Crippen MR) is 125 cm³/mol. The van der Waals surface area contributed by atoms with E-state index in [9.17, 15) is 13.2 Å². The summed E-state index contributed by atoms with van der Waals surface area (Å²) in [5.74, 6) is -1.35. The molecular formula is C25H30F3N5. The molecule has 176 valence electrons. The molecule has 1 N–H and O–H groups in total. The molecule has 5 nitrogen and oxygen atoms in total. The first-order valence-electron chi connectivity index (χ1n) is 11.6. The van der Waals surface area contributed by atoms with Gasteiger partial charge < -0.3 is 9.88 Å². The first kappa shape index (κ1) is 21.9. The van der Waals surface area contributed by atoms with Crippen LogP contribution >= 0.6 is 0 Å². The predicted octanol–water partition coefficient (Wildman–Crippen LogP) is 6.33. The maximum absolute atomic E-state index is 14.9. The maximum Gasteiger partial charge on any atom is 0.248 e. The molecule has 8 heteroatoms. The van der Waals surface area contributed by atoms with E-state index in [1.54, 1.807) is 6.20 Å². The highest BCUT2D eigenvalue weighted by Gasteiger charge is 2.34. The lowest BCUT2D eigenvalue weighted by Gasteiger charge is -2.28. The van der Waals surface area contributed by atoms with Crippen LogP contribution < -0.4 is 5.32 Å². The van der Waals surface area contributed by atoms with E-state index in [1.807, 2.05) is 17.6 Å². The number of halogens is 3. The Labute approximate surface area is 192 Å². The molecule has 1 aromatic carbocycles. The van der Waals surface area contributed by atoms with Crippen LogP contribution in [0.5, 0.6) is 0 Å². The minimum Gasteiger partial charge on any atom is -0.354 e. The molecule has 1 saturated carbocycles. The Kier molecular flexibility index (Phi) is 5.41. The fourth-order valence-corrected chi connectivity index (χ4v) is 5.08. The van der Waals surface area contributed by atoms with E-state index in [0.717, 1.165) is 33.7 Å². The van der Waals surface area contributed by atoms with Gasteiger partial charge in [0.2, 0.25) is 11.9 Å². The second-order valence-electron chi connectivity index (χ2n) is 9.50. The topological polar surface area (TPSA) is 55.6 Å². The molecule has 3 aromatic rings. The number of rotatable bonds is 5. The van der Waals surface area contributed by atoms with Crippen LogP contribution in [0.2, 0.25) is 0 Å². The van der Waals surface area contributed by atoms with Gasteiger partial charge in [-0.05, 0) is 62.8 Å². The Morgan fingerprint density at radius 2 is 1.97 bits per heavy atom. The summed E-state index contributed by atoms with van der Waals surface area (Å²) >= 11 is 0. The van der Waals surface area contributed by atoms with Crippen molar-refractivity contribution in [1.29, 1.82) is 0 Å². The molecule has 5 rings (SSSR count). The summed E-state index contributed by atoms with van der Waals surface area (Å²) in [5, 5.41) is 3.22. The van der Waals surface area contributed by atoms with Gasteiger partial charge in [0.15, 0.2) is 5.82 Å². The quantitative estimate of drug-likeness (QED) is 0.487. The van der Waals surface area contributed by atoms with Crippen molar-refractivity contribution in [3.8, 4) is 0 Å². The summed E-state index contributed by atoms with van der Waals surface area (Å²) in [5.41, 5.74) is 4.65. The molecule has 0 unspecified atom stereocenters. The minimum atomic E-state index is -2.52.